The highest BCUT2D eigenvalue weighted by Crippen LogP contribution is 2.21. The smallest absolute Gasteiger partial charge is 0.223 e. The van der Waals surface area contributed by atoms with Gasteiger partial charge in [0.1, 0.15) is 0 Å². The zero-order chi connectivity index (χ0) is 14.5. The summed E-state index contributed by atoms with van der Waals surface area (Å²) in [5.41, 5.74) is 0. The topological polar surface area (TPSA) is 57.6 Å². The molecule has 4 nitrogen and oxygen atoms in total. The molecule has 2 atom stereocenters. The summed E-state index contributed by atoms with van der Waals surface area (Å²) in [5.74, 6) is 0.235. The van der Waals surface area contributed by atoms with Crippen molar-refractivity contribution in [2.45, 2.75) is 38.7 Å². The third kappa shape index (κ3) is 3.90. The van der Waals surface area contributed by atoms with Crippen LogP contribution in [-0.4, -0.2) is 40.9 Å². The van der Waals surface area contributed by atoms with Crippen molar-refractivity contribution in [1.82, 2.24) is 4.90 Å². The minimum absolute atomic E-state index is 0.0280. The molecule has 1 aromatic rings. The molecule has 1 fully saturated rings. The maximum atomic E-state index is 12.1. The molecule has 1 aliphatic heterocycles. The first kappa shape index (κ1) is 15.2. The molecule has 0 radical (unpaired) electrons. The monoisotopic (exact) mass is 295 g/mol. The molecule has 1 N–H and O–H groups in total. The molecule has 110 valence electrons. The van der Waals surface area contributed by atoms with E-state index in [0.717, 1.165) is 24.3 Å². The molecule has 1 amide bonds. The molecule has 1 aromatic heterocycles. The Kier molecular flexibility index (Phi) is 5.31. The van der Waals surface area contributed by atoms with Gasteiger partial charge in [0.15, 0.2) is 5.78 Å². The Labute approximate surface area is 123 Å². The third-order valence-corrected chi connectivity index (χ3v) is 4.77. The highest BCUT2D eigenvalue weighted by atomic mass is 32.1. The van der Waals surface area contributed by atoms with E-state index in [2.05, 4.69) is 0 Å². The second kappa shape index (κ2) is 6.99. The van der Waals surface area contributed by atoms with Gasteiger partial charge in [0.25, 0.3) is 0 Å². The summed E-state index contributed by atoms with van der Waals surface area (Å²) < 4.78 is 0. The van der Waals surface area contributed by atoms with Crippen molar-refractivity contribution in [3.63, 3.8) is 0 Å². The van der Waals surface area contributed by atoms with Gasteiger partial charge in [0, 0.05) is 31.8 Å². The normalized spacial score (nSPS) is 20.7. The van der Waals surface area contributed by atoms with Crippen molar-refractivity contribution in [3.8, 4) is 0 Å². The molecule has 0 aliphatic carbocycles. The maximum absolute atomic E-state index is 12.1. The van der Waals surface area contributed by atoms with Gasteiger partial charge in [-0.2, -0.15) is 0 Å². The van der Waals surface area contributed by atoms with Gasteiger partial charge in [0.2, 0.25) is 5.91 Å². The predicted molar refractivity (Wildman–Crippen MR) is 78.9 cm³/mol. The van der Waals surface area contributed by atoms with E-state index in [9.17, 15) is 14.7 Å². The van der Waals surface area contributed by atoms with Crippen LogP contribution in [0.4, 0.5) is 0 Å². The quantitative estimate of drug-likeness (QED) is 0.848. The lowest BCUT2D eigenvalue weighted by Crippen LogP contribution is -2.43. The Bertz CT molecular complexity index is 456. The van der Waals surface area contributed by atoms with Crippen molar-refractivity contribution in [3.05, 3.63) is 22.4 Å². The van der Waals surface area contributed by atoms with E-state index >= 15 is 0 Å². The van der Waals surface area contributed by atoms with Crippen LogP contribution in [0.25, 0.3) is 0 Å². The first-order chi connectivity index (χ1) is 9.58. The molecular formula is C15H21NO3S. The van der Waals surface area contributed by atoms with Crippen LogP contribution < -0.4 is 0 Å². The van der Waals surface area contributed by atoms with Crippen LogP contribution in [0.15, 0.2) is 17.5 Å². The number of ketones is 1. The number of hydrogen-bond acceptors (Lipinski definition) is 4. The molecule has 0 spiro atoms. The molecule has 2 heterocycles. The Morgan fingerprint density at radius 3 is 2.95 bits per heavy atom. The standard InChI is InChI=1S/C15H21NO3S/c1-11(17)12-4-2-8-16(10-12)15(19)7-6-13(18)14-5-3-9-20-14/h3,5,9,11-12,17H,2,4,6-8,10H2,1H3. The highest BCUT2D eigenvalue weighted by molar-refractivity contribution is 7.12. The van der Waals surface area contributed by atoms with Gasteiger partial charge in [-0.1, -0.05) is 6.07 Å². The van der Waals surface area contributed by atoms with Crippen LogP contribution >= 0.6 is 11.3 Å². The van der Waals surface area contributed by atoms with Gasteiger partial charge in [-0.25, -0.2) is 0 Å². The van der Waals surface area contributed by atoms with Crippen LogP contribution in [0.1, 0.15) is 42.3 Å². The Hall–Kier alpha value is -1.20. The molecule has 1 aliphatic rings. The van der Waals surface area contributed by atoms with Gasteiger partial charge in [-0.15, -0.1) is 11.3 Å². The Balaban J connectivity index is 1.81. The van der Waals surface area contributed by atoms with E-state index < -0.39 is 0 Å². The van der Waals surface area contributed by atoms with Gasteiger partial charge < -0.3 is 10.0 Å². The lowest BCUT2D eigenvalue weighted by molar-refractivity contribution is -0.133. The number of carbonyl (C=O) groups excluding carboxylic acids is 2. The minimum Gasteiger partial charge on any atom is -0.393 e. The summed E-state index contributed by atoms with van der Waals surface area (Å²) in [6.07, 6.45) is 2.06. The van der Waals surface area contributed by atoms with E-state index in [4.69, 9.17) is 0 Å². The van der Waals surface area contributed by atoms with Gasteiger partial charge in [-0.05, 0) is 31.2 Å². The molecule has 20 heavy (non-hydrogen) atoms. The van der Waals surface area contributed by atoms with Crippen LogP contribution in [0, 0.1) is 5.92 Å². The number of nitrogens with zero attached hydrogens (tertiary/aromatic N) is 1. The molecule has 0 aromatic carbocycles. The van der Waals surface area contributed by atoms with Crippen LogP contribution in [0.2, 0.25) is 0 Å². The van der Waals surface area contributed by atoms with E-state index in [-0.39, 0.29) is 36.6 Å². The molecule has 0 bridgehead atoms. The van der Waals surface area contributed by atoms with Crippen LogP contribution in [0.5, 0.6) is 0 Å². The first-order valence-electron chi connectivity index (χ1n) is 7.10. The third-order valence-electron chi connectivity index (χ3n) is 3.85. The van der Waals surface area contributed by atoms with Crippen LogP contribution in [0.3, 0.4) is 0 Å². The molecule has 0 saturated carbocycles. The summed E-state index contributed by atoms with van der Waals surface area (Å²) in [4.78, 5) is 26.5. The number of hydrogen-bond donors (Lipinski definition) is 1. The second-order valence-corrected chi connectivity index (χ2v) is 6.33. The van der Waals surface area contributed by atoms with Crippen LogP contribution in [-0.2, 0) is 4.79 Å². The number of aliphatic hydroxyl groups excluding tert-OH is 1. The van der Waals surface area contributed by atoms with E-state index in [0.29, 0.717) is 6.54 Å². The van der Waals surface area contributed by atoms with Crippen molar-refractivity contribution in [2.24, 2.45) is 5.92 Å². The van der Waals surface area contributed by atoms with Crippen molar-refractivity contribution in [2.75, 3.05) is 13.1 Å². The number of carbonyl (C=O) groups is 2. The number of piperidine rings is 1. The average molecular weight is 295 g/mol. The van der Waals surface area contributed by atoms with Gasteiger partial charge in [0.05, 0.1) is 11.0 Å². The molecular weight excluding hydrogens is 274 g/mol. The van der Waals surface area contributed by atoms with Crippen molar-refractivity contribution < 1.29 is 14.7 Å². The second-order valence-electron chi connectivity index (χ2n) is 5.38. The fourth-order valence-electron chi connectivity index (χ4n) is 2.57. The number of Topliss-reactive ketones (excluding diaryl/α,β-unsaturated/α-hetero) is 1. The zero-order valence-corrected chi connectivity index (χ0v) is 12.6. The largest absolute Gasteiger partial charge is 0.393 e. The number of likely N-dealkylation sites (tertiary alicyclic amines) is 1. The molecule has 2 rings (SSSR count). The fourth-order valence-corrected chi connectivity index (χ4v) is 3.26. The zero-order valence-electron chi connectivity index (χ0n) is 11.7. The van der Waals surface area contributed by atoms with Gasteiger partial charge in [-0.3, -0.25) is 9.59 Å². The Morgan fingerprint density at radius 1 is 1.50 bits per heavy atom. The number of rotatable bonds is 5. The van der Waals surface area contributed by atoms with Crippen molar-refractivity contribution in [1.29, 1.82) is 0 Å². The lowest BCUT2D eigenvalue weighted by atomic mass is 9.93. The summed E-state index contributed by atoms with van der Waals surface area (Å²) in [5, 5.41) is 11.5. The number of aliphatic hydroxyl groups is 1. The lowest BCUT2D eigenvalue weighted by Gasteiger charge is -2.34. The van der Waals surface area contributed by atoms with E-state index in [1.165, 1.54) is 11.3 Å². The molecule has 5 heteroatoms. The molecule has 1 saturated heterocycles. The van der Waals surface area contributed by atoms with Gasteiger partial charge >= 0.3 is 0 Å². The fraction of sp³-hybridized carbons (Fsp3) is 0.600. The first-order valence-corrected chi connectivity index (χ1v) is 7.98. The highest BCUT2D eigenvalue weighted by Gasteiger charge is 2.26. The van der Waals surface area contributed by atoms with E-state index in [1.54, 1.807) is 17.9 Å². The summed E-state index contributed by atoms with van der Waals surface area (Å²) in [6, 6.07) is 3.64. The average Bonchev–Trinajstić information content (AvgIpc) is 2.98. The van der Waals surface area contributed by atoms with E-state index in [1.807, 2.05) is 11.4 Å². The Morgan fingerprint density at radius 2 is 2.30 bits per heavy atom. The number of thiophene rings is 1. The number of amides is 1. The van der Waals surface area contributed by atoms with Crippen molar-refractivity contribution >= 4 is 23.0 Å². The maximum Gasteiger partial charge on any atom is 0.223 e. The summed E-state index contributed by atoms with van der Waals surface area (Å²) in [6.45, 7) is 3.14. The predicted octanol–water partition coefficient (Wildman–Crippen LogP) is 2.33. The minimum atomic E-state index is -0.377. The summed E-state index contributed by atoms with van der Waals surface area (Å²) >= 11 is 1.42. The molecule has 2 unspecified atom stereocenters. The summed E-state index contributed by atoms with van der Waals surface area (Å²) in [7, 11) is 0. The SMILES string of the molecule is CC(O)C1CCCN(C(=O)CCC(=O)c2cccs2)C1.